The van der Waals surface area contributed by atoms with Gasteiger partial charge < -0.3 is 5.32 Å². The SMILES string of the molecule is O=C(NCCc1ccc(Cl)cc1Cl)c1ccc(Br)cc1S. The third-order valence-corrected chi connectivity index (χ3v) is 4.35. The number of thiol groups is 1. The highest BCUT2D eigenvalue weighted by Crippen LogP contribution is 2.22. The Morgan fingerprint density at radius 2 is 1.95 bits per heavy atom. The fourth-order valence-electron chi connectivity index (χ4n) is 1.83. The van der Waals surface area contributed by atoms with Crippen LogP contribution in [0.4, 0.5) is 0 Å². The molecule has 0 atom stereocenters. The molecule has 110 valence electrons. The Balaban J connectivity index is 1.95. The van der Waals surface area contributed by atoms with E-state index in [1.54, 1.807) is 24.3 Å². The van der Waals surface area contributed by atoms with Gasteiger partial charge in [-0.05, 0) is 42.3 Å². The summed E-state index contributed by atoms with van der Waals surface area (Å²) in [5.41, 5.74) is 1.49. The first-order chi connectivity index (χ1) is 9.97. The second kappa shape index (κ2) is 7.54. The molecule has 0 bridgehead atoms. The van der Waals surface area contributed by atoms with Gasteiger partial charge in [0.2, 0.25) is 0 Å². The molecule has 0 radical (unpaired) electrons. The van der Waals surface area contributed by atoms with Crippen molar-refractivity contribution in [3.8, 4) is 0 Å². The van der Waals surface area contributed by atoms with Gasteiger partial charge in [0.15, 0.2) is 0 Å². The Morgan fingerprint density at radius 1 is 1.19 bits per heavy atom. The van der Waals surface area contributed by atoms with E-state index in [-0.39, 0.29) is 5.91 Å². The van der Waals surface area contributed by atoms with E-state index in [1.807, 2.05) is 12.1 Å². The van der Waals surface area contributed by atoms with Crippen LogP contribution < -0.4 is 5.32 Å². The zero-order chi connectivity index (χ0) is 15.4. The number of hydrogen-bond donors (Lipinski definition) is 2. The Kier molecular flexibility index (Phi) is 5.99. The van der Waals surface area contributed by atoms with Crippen molar-refractivity contribution in [2.75, 3.05) is 6.54 Å². The van der Waals surface area contributed by atoms with Gasteiger partial charge in [-0.1, -0.05) is 45.2 Å². The molecule has 2 aromatic rings. The molecule has 0 spiro atoms. The Hall–Kier alpha value is -0.680. The van der Waals surface area contributed by atoms with Gasteiger partial charge in [-0.2, -0.15) is 0 Å². The van der Waals surface area contributed by atoms with E-state index in [4.69, 9.17) is 23.2 Å². The lowest BCUT2D eigenvalue weighted by Gasteiger charge is -2.09. The second-order valence-corrected chi connectivity index (χ2v) is 6.64. The van der Waals surface area contributed by atoms with Crippen LogP contribution >= 0.6 is 51.8 Å². The first-order valence-corrected chi connectivity index (χ1v) is 8.17. The van der Waals surface area contributed by atoms with E-state index in [9.17, 15) is 4.79 Å². The molecule has 2 aromatic carbocycles. The number of hydrogen-bond acceptors (Lipinski definition) is 2. The van der Waals surface area contributed by atoms with Gasteiger partial charge >= 0.3 is 0 Å². The number of amides is 1. The molecule has 21 heavy (non-hydrogen) atoms. The van der Waals surface area contributed by atoms with Gasteiger partial charge in [-0.25, -0.2) is 0 Å². The van der Waals surface area contributed by atoms with Crippen LogP contribution in [0.2, 0.25) is 10.0 Å². The summed E-state index contributed by atoms with van der Waals surface area (Å²) in [6.07, 6.45) is 0.639. The van der Waals surface area contributed by atoms with E-state index in [0.717, 1.165) is 10.0 Å². The number of nitrogens with one attached hydrogen (secondary N) is 1. The fraction of sp³-hybridized carbons (Fsp3) is 0.133. The van der Waals surface area contributed by atoms with Crippen molar-refractivity contribution in [2.24, 2.45) is 0 Å². The standard InChI is InChI=1S/C15H12BrCl2NOS/c16-10-2-4-12(14(21)7-10)15(20)19-6-5-9-1-3-11(17)8-13(9)18/h1-4,7-8,21H,5-6H2,(H,19,20). The third kappa shape index (κ3) is 4.65. The van der Waals surface area contributed by atoms with E-state index in [2.05, 4.69) is 33.9 Å². The maximum atomic E-state index is 12.1. The minimum Gasteiger partial charge on any atom is -0.352 e. The molecule has 1 amide bonds. The molecule has 0 saturated carbocycles. The van der Waals surface area contributed by atoms with Gasteiger partial charge in [0.25, 0.3) is 5.91 Å². The monoisotopic (exact) mass is 403 g/mol. The summed E-state index contributed by atoms with van der Waals surface area (Å²) in [5, 5.41) is 4.06. The highest BCUT2D eigenvalue weighted by molar-refractivity contribution is 9.10. The van der Waals surface area contributed by atoms with Crippen molar-refractivity contribution in [3.05, 3.63) is 62.0 Å². The molecule has 2 nitrogen and oxygen atoms in total. The molecule has 0 aromatic heterocycles. The third-order valence-electron chi connectivity index (χ3n) is 2.90. The summed E-state index contributed by atoms with van der Waals surface area (Å²) >= 11 is 19.6. The molecule has 1 N–H and O–H groups in total. The average molecular weight is 405 g/mol. The van der Waals surface area contributed by atoms with Crippen LogP contribution in [0.15, 0.2) is 45.8 Å². The van der Waals surface area contributed by atoms with Crippen molar-refractivity contribution >= 4 is 57.7 Å². The molecular formula is C15H12BrCl2NOS. The Labute approximate surface area is 147 Å². The molecule has 0 unspecified atom stereocenters. The molecule has 0 heterocycles. The normalized spacial score (nSPS) is 10.5. The minimum absolute atomic E-state index is 0.155. The summed E-state index contributed by atoms with van der Waals surface area (Å²) in [6.45, 7) is 0.490. The largest absolute Gasteiger partial charge is 0.352 e. The topological polar surface area (TPSA) is 29.1 Å². The zero-order valence-electron chi connectivity index (χ0n) is 10.9. The van der Waals surface area contributed by atoms with E-state index >= 15 is 0 Å². The average Bonchev–Trinajstić information content (AvgIpc) is 2.41. The van der Waals surface area contributed by atoms with Crippen molar-refractivity contribution < 1.29 is 4.79 Å². The smallest absolute Gasteiger partial charge is 0.252 e. The molecule has 6 heteroatoms. The molecule has 0 saturated heterocycles. The molecule has 0 aliphatic heterocycles. The molecular weight excluding hydrogens is 393 g/mol. The lowest BCUT2D eigenvalue weighted by atomic mass is 10.1. The maximum Gasteiger partial charge on any atom is 0.252 e. The van der Waals surface area contributed by atoms with Crippen LogP contribution in [-0.2, 0) is 6.42 Å². The lowest BCUT2D eigenvalue weighted by molar-refractivity contribution is 0.0951. The van der Waals surface area contributed by atoms with E-state index < -0.39 is 0 Å². The number of carbonyl (C=O) groups excluding carboxylic acids is 1. The quantitative estimate of drug-likeness (QED) is 0.688. The molecule has 0 aliphatic rings. The lowest BCUT2D eigenvalue weighted by Crippen LogP contribution is -2.26. The first kappa shape index (κ1) is 16.7. The highest BCUT2D eigenvalue weighted by Gasteiger charge is 2.09. The second-order valence-electron chi connectivity index (χ2n) is 4.40. The minimum atomic E-state index is -0.155. The van der Waals surface area contributed by atoms with Crippen LogP contribution in [0.1, 0.15) is 15.9 Å². The summed E-state index contributed by atoms with van der Waals surface area (Å²) < 4.78 is 0.886. The highest BCUT2D eigenvalue weighted by atomic mass is 79.9. The molecule has 2 rings (SSSR count). The fourth-order valence-corrected chi connectivity index (χ4v) is 3.18. The van der Waals surface area contributed by atoms with Gasteiger partial charge in [0.05, 0.1) is 5.56 Å². The van der Waals surface area contributed by atoms with Gasteiger partial charge in [0, 0.05) is 26.0 Å². The van der Waals surface area contributed by atoms with Gasteiger partial charge in [-0.3, -0.25) is 4.79 Å². The van der Waals surface area contributed by atoms with Crippen LogP contribution in [0.5, 0.6) is 0 Å². The molecule has 0 fully saturated rings. The predicted molar refractivity (Wildman–Crippen MR) is 93.9 cm³/mol. The van der Waals surface area contributed by atoms with Crippen LogP contribution in [0.3, 0.4) is 0 Å². The first-order valence-electron chi connectivity index (χ1n) is 6.18. The van der Waals surface area contributed by atoms with Crippen molar-refractivity contribution in [1.82, 2.24) is 5.32 Å². The van der Waals surface area contributed by atoms with Crippen molar-refractivity contribution in [3.63, 3.8) is 0 Å². The van der Waals surface area contributed by atoms with E-state index in [0.29, 0.717) is 33.5 Å². The molecule has 0 aliphatic carbocycles. The van der Waals surface area contributed by atoms with Crippen LogP contribution in [-0.4, -0.2) is 12.5 Å². The van der Waals surface area contributed by atoms with Crippen molar-refractivity contribution in [2.45, 2.75) is 11.3 Å². The van der Waals surface area contributed by atoms with Gasteiger partial charge in [-0.15, -0.1) is 12.6 Å². The maximum absolute atomic E-state index is 12.1. The zero-order valence-corrected chi connectivity index (χ0v) is 14.9. The van der Waals surface area contributed by atoms with Crippen LogP contribution in [0, 0.1) is 0 Å². The van der Waals surface area contributed by atoms with Crippen molar-refractivity contribution in [1.29, 1.82) is 0 Å². The Bertz CT molecular complexity index is 679. The number of halogens is 3. The summed E-state index contributed by atoms with van der Waals surface area (Å²) in [5.74, 6) is -0.155. The summed E-state index contributed by atoms with van der Waals surface area (Å²) in [4.78, 5) is 12.7. The van der Waals surface area contributed by atoms with E-state index in [1.165, 1.54) is 0 Å². The summed E-state index contributed by atoms with van der Waals surface area (Å²) in [6, 6.07) is 10.7. The number of carbonyl (C=O) groups is 1. The summed E-state index contributed by atoms with van der Waals surface area (Å²) in [7, 11) is 0. The number of rotatable bonds is 4. The van der Waals surface area contributed by atoms with Crippen LogP contribution in [0.25, 0.3) is 0 Å². The Morgan fingerprint density at radius 3 is 2.62 bits per heavy atom. The predicted octanol–water partition coefficient (Wildman–Crippen LogP) is 5.02. The van der Waals surface area contributed by atoms with Gasteiger partial charge in [0.1, 0.15) is 0 Å². The number of benzene rings is 2.